The molecule has 1 atom stereocenters. The van der Waals surface area contributed by atoms with E-state index in [4.69, 9.17) is 15.2 Å². The minimum atomic E-state index is -0.636. The van der Waals surface area contributed by atoms with Crippen molar-refractivity contribution < 1.29 is 23.9 Å². The van der Waals surface area contributed by atoms with Crippen LogP contribution in [0, 0.1) is 0 Å². The van der Waals surface area contributed by atoms with Crippen molar-refractivity contribution in [1.82, 2.24) is 15.5 Å². The third-order valence-electron chi connectivity index (χ3n) is 4.15. The Labute approximate surface area is 178 Å². The average molecular weight is 423 g/mol. The number of nitrogens with one attached hydrogen (secondary N) is 2. The second-order valence-electron chi connectivity index (χ2n) is 7.24. The molecule has 0 heterocycles. The summed E-state index contributed by atoms with van der Waals surface area (Å²) in [7, 11) is 1.61. The van der Waals surface area contributed by atoms with Gasteiger partial charge in [-0.15, -0.1) is 0 Å². The van der Waals surface area contributed by atoms with Crippen molar-refractivity contribution in [3.8, 4) is 0 Å². The minimum Gasteiger partial charge on any atom is -0.447 e. The van der Waals surface area contributed by atoms with Gasteiger partial charge in [0.15, 0.2) is 0 Å². The number of hydrogen-bond acceptors (Lipinski definition) is 6. The van der Waals surface area contributed by atoms with Crippen LogP contribution in [0.3, 0.4) is 0 Å². The molecule has 1 rings (SSSR count). The molecule has 0 radical (unpaired) electrons. The van der Waals surface area contributed by atoms with Crippen LogP contribution in [0.1, 0.15) is 38.7 Å². The van der Waals surface area contributed by atoms with E-state index in [0.717, 1.165) is 5.56 Å². The largest absolute Gasteiger partial charge is 0.447 e. The third kappa shape index (κ3) is 11.3. The standard InChI is InChI=1S/C21H34N4O5/c1-16(2)30-20(27)24-12-8-7-11-18(22)19(26)23-13-14-25(3)21(28)29-15-17-9-5-4-6-10-17/h4-6,9-10,16,18H,7-8,11-15,22H2,1-3H3,(H,23,26)(H,24,27)/t18-/m0/s1. The fraction of sp³-hybridized carbons (Fsp3) is 0.571. The zero-order valence-electron chi connectivity index (χ0n) is 18.1. The van der Waals surface area contributed by atoms with Gasteiger partial charge in [0, 0.05) is 26.7 Å². The van der Waals surface area contributed by atoms with E-state index in [1.807, 2.05) is 30.3 Å². The number of carbonyl (C=O) groups excluding carboxylic acids is 3. The van der Waals surface area contributed by atoms with Gasteiger partial charge >= 0.3 is 12.2 Å². The summed E-state index contributed by atoms with van der Waals surface area (Å²) in [5.41, 5.74) is 6.79. The number of benzene rings is 1. The van der Waals surface area contributed by atoms with Crippen molar-refractivity contribution >= 4 is 18.1 Å². The van der Waals surface area contributed by atoms with Crippen molar-refractivity contribution in [2.45, 2.75) is 51.9 Å². The average Bonchev–Trinajstić information content (AvgIpc) is 2.71. The number of amides is 3. The van der Waals surface area contributed by atoms with E-state index >= 15 is 0 Å². The molecule has 9 heteroatoms. The van der Waals surface area contributed by atoms with Crippen LogP contribution in [-0.2, 0) is 20.9 Å². The van der Waals surface area contributed by atoms with Crippen LogP contribution in [0.25, 0.3) is 0 Å². The van der Waals surface area contributed by atoms with Crippen molar-refractivity contribution in [3.05, 3.63) is 35.9 Å². The highest BCUT2D eigenvalue weighted by Crippen LogP contribution is 2.02. The Kier molecular flexibility index (Phi) is 12.0. The number of unbranched alkanes of at least 4 members (excludes halogenated alkanes) is 1. The predicted molar refractivity (Wildman–Crippen MR) is 114 cm³/mol. The number of rotatable bonds is 12. The summed E-state index contributed by atoms with van der Waals surface area (Å²) in [6.07, 6.45) is 0.833. The van der Waals surface area contributed by atoms with E-state index in [1.54, 1.807) is 20.9 Å². The maximum atomic E-state index is 12.0. The summed E-state index contributed by atoms with van der Waals surface area (Å²) in [6, 6.07) is 8.77. The molecule has 0 aromatic heterocycles. The van der Waals surface area contributed by atoms with Crippen LogP contribution in [0.15, 0.2) is 30.3 Å². The Hall–Kier alpha value is -2.81. The molecule has 1 aromatic rings. The van der Waals surface area contributed by atoms with E-state index < -0.39 is 18.2 Å². The first-order valence-corrected chi connectivity index (χ1v) is 10.2. The number of carbonyl (C=O) groups is 3. The molecule has 9 nitrogen and oxygen atoms in total. The van der Waals surface area contributed by atoms with Gasteiger partial charge in [-0.1, -0.05) is 30.3 Å². The summed E-state index contributed by atoms with van der Waals surface area (Å²) in [5.74, 6) is -0.270. The lowest BCUT2D eigenvalue weighted by Gasteiger charge is -2.18. The summed E-state index contributed by atoms with van der Waals surface area (Å²) in [4.78, 5) is 36.7. The summed E-state index contributed by atoms with van der Waals surface area (Å²) in [6.45, 7) is 4.83. The molecule has 0 aliphatic carbocycles. The lowest BCUT2D eigenvalue weighted by atomic mass is 10.1. The first kappa shape index (κ1) is 25.2. The fourth-order valence-electron chi connectivity index (χ4n) is 2.47. The lowest BCUT2D eigenvalue weighted by molar-refractivity contribution is -0.122. The van der Waals surface area contributed by atoms with E-state index in [0.29, 0.717) is 32.4 Å². The maximum absolute atomic E-state index is 12.0. The van der Waals surface area contributed by atoms with Crippen LogP contribution in [0.4, 0.5) is 9.59 Å². The van der Waals surface area contributed by atoms with Gasteiger partial charge in [-0.05, 0) is 38.7 Å². The smallest absolute Gasteiger partial charge is 0.409 e. The number of likely N-dealkylation sites (N-methyl/N-ethyl adjacent to an activating group) is 1. The van der Waals surface area contributed by atoms with Gasteiger partial charge in [-0.2, -0.15) is 0 Å². The highest BCUT2D eigenvalue weighted by molar-refractivity contribution is 5.81. The lowest BCUT2D eigenvalue weighted by Crippen LogP contribution is -2.44. The molecule has 1 aromatic carbocycles. The van der Waals surface area contributed by atoms with Gasteiger partial charge in [0.05, 0.1) is 12.1 Å². The number of nitrogens with two attached hydrogens (primary N) is 1. The second-order valence-corrected chi connectivity index (χ2v) is 7.24. The number of ether oxygens (including phenoxy) is 2. The van der Waals surface area contributed by atoms with Crippen molar-refractivity contribution in [3.63, 3.8) is 0 Å². The molecule has 0 bridgehead atoms. The van der Waals surface area contributed by atoms with Crippen molar-refractivity contribution in [1.29, 1.82) is 0 Å². The van der Waals surface area contributed by atoms with Crippen LogP contribution in [0.5, 0.6) is 0 Å². The third-order valence-corrected chi connectivity index (χ3v) is 4.15. The van der Waals surface area contributed by atoms with Crippen LogP contribution >= 0.6 is 0 Å². The number of hydrogen-bond donors (Lipinski definition) is 3. The zero-order valence-corrected chi connectivity index (χ0v) is 18.1. The molecular weight excluding hydrogens is 388 g/mol. The van der Waals surface area contributed by atoms with Gasteiger partial charge in [0.1, 0.15) is 6.61 Å². The Balaban J connectivity index is 2.11. The van der Waals surface area contributed by atoms with E-state index in [2.05, 4.69) is 10.6 Å². The van der Waals surface area contributed by atoms with Gasteiger partial charge in [-0.25, -0.2) is 9.59 Å². The Morgan fingerprint density at radius 3 is 2.43 bits per heavy atom. The highest BCUT2D eigenvalue weighted by atomic mass is 16.6. The van der Waals surface area contributed by atoms with Crippen LogP contribution in [0.2, 0.25) is 0 Å². The monoisotopic (exact) mass is 422 g/mol. The zero-order chi connectivity index (χ0) is 22.4. The second kappa shape index (κ2) is 14.2. The molecule has 30 heavy (non-hydrogen) atoms. The normalized spacial score (nSPS) is 11.5. The highest BCUT2D eigenvalue weighted by Gasteiger charge is 2.14. The molecule has 0 unspecified atom stereocenters. The maximum Gasteiger partial charge on any atom is 0.409 e. The molecule has 0 aliphatic rings. The number of alkyl carbamates (subject to hydrolysis) is 1. The Morgan fingerprint density at radius 2 is 1.77 bits per heavy atom. The van der Waals surface area contributed by atoms with Gasteiger partial charge < -0.3 is 30.7 Å². The minimum absolute atomic E-state index is 0.160. The van der Waals surface area contributed by atoms with E-state index in [9.17, 15) is 14.4 Å². The summed E-state index contributed by atoms with van der Waals surface area (Å²) < 4.78 is 10.2. The molecule has 0 fully saturated rings. The van der Waals surface area contributed by atoms with Crippen LogP contribution < -0.4 is 16.4 Å². The van der Waals surface area contributed by atoms with Crippen LogP contribution in [-0.4, -0.2) is 61.8 Å². The first-order chi connectivity index (χ1) is 14.3. The topological polar surface area (TPSA) is 123 Å². The van der Waals surface area contributed by atoms with Gasteiger partial charge in [0.2, 0.25) is 5.91 Å². The molecule has 0 aliphatic heterocycles. The quantitative estimate of drug-likeness (QED) is 0.443. The summed E-state index contributed by atoms with van der Waals surface area (Å²) >= 11 is 0. The predicted octanol–water partition coefficient (Wildman–Crippen LogP) is 2.00. The van der Waals surface area contributed by atoms with Crippen molar-refractivity contribution in [2.75, 3.05) is 26.7 Å². The molecule has 0 spiro atoms. The molecule has 3 amide bonds. The Morgan fingerprint density at radius 1 is 1.07 bits per heavy atom. The Bertz CT molecular complexity index is 654. The van der Waals surface area contributed by atoms with Gasteiger partial charge in [0.25, 0.3) is 0 Å². The molecule has 0 saturated carbocycles. The fourth-order valence-corrected chi connectivity index (χ4v) is 2.47. The summed E-state index contributed by atoms with van der Waals surface area (Å²) in [5, 5.41) is 5.36. The SMILES string of the molecule is CC(C)OC(=O)NCCCC[C@H](N)C(=O)NCCN(C)C(=O)OCc1ccccc1. The van der Waals surface area contributed by atoms with Crippen molar-refractivity contribution in [2.24, 2.45) is 5.73 Å². The van der Waals surface area contributed by atoms with E-state index in [-0.39, 0.29) is 25.2 Å². The molecular formula is C21H34N4O5. The van der Waals surface area contributed by atoms with Gasteiger partial charge in [-0.3, -0.25) is 4.79 Å². The molecule has 168 valence electrons. The van der Waals surface area contributed by atoms with E-state index in [1.165, 1.54) is 4.90 Å². The first-order valence-electron chi connectivity index (χ1n) is 10.2. The molecule has 4 N–H and O–H groups in total. The molecule has 0 saturated heterocycles. The number of nitrogens with zero attached hydrogens (tertiary/aromatic N) is 1.